The van der Waals surface area contributed by atoms with Crippen LogP contribution in [0.5, 0.6) is 0 Å². The molecule has 1 N–H and O–H groups in total. The van der Waals surface area contributed by atoms with E-state index in [9.17, 15) is 0 Å². The third-order valence-electron chi connectivity index (χ3n) is 3.01. The van der Waals surface area contributed by atoms with Gasteiger partial charge in [-0.15, -0.1) is 0 Å². The second kappa shape index (κ2) is 3.73. The Morgan fingerprint density at radius 2 is 2.36 bits per heavy atom. The molecule has 0 amide bonds. The van der Waals surface area contributed by atoms with E-state index in [0.717, 1.165) is 19.6 Å². The second-order valence-electron chi connectivity index (χ2n) is 4.60. The van der Waals surface area contributed by atoms with Crippen molar-refractivity contribution in [2.24, 2.45) is 5.41 Å². The van der Waals surface area contributed by atoms with E-state index < -0.39 is 0 Å². The molecular formula is C11H19N3. The summed E-state index contributed by atoms with van der Waals surface area (Å²) in [6, 6.07) is 0. The Hall–Kier alpha value is -0.830. The van der Waals surface area contributed by atoms with Crippen LogP contribution in [0.2, 0.25) is 0 Å². The fourth-order valence-electron chi connectivity index (χ4n) is 1.67. The summed E-state index contributed by atoms with van der Waals surface area (Å²) in [5, 5.41) is 3.34. The van der Waals surface area contributed by atoms with Crippen molar-refractivity contribution < 1.29 is 0 Å². The molecule has 1 aliphatic carbocycles. The molecule has 1 aliphatic rings. The average Bonchev–Trinajstić information content (AvgIpc) is 2.74. The molecule has 3 nitrogen and oxygen atoms in total. The van der Waals surface area contributed by atoms with Gasteiger partial charge in [0.05, 0.1) is 12.0 Å². The molecular weight excluding hydrogens is 174 g/mol. The van der Waals surface area contributed by atoms with Crippen molar-refractivity contribution >= 4 is 0 Å². The standard InChI is InChI=1S/C11H19N3/c1-3-12-6-10-7-13-9-14(10)8-11(2)4-5-11/h7,9,12H,3-6,8H2,1-2H3. The summed E-state index contributed by atoms with van der Waals surface area (Å²) >= 11 is 0. The zero-order chi connectivity index (χ0) is 10.0. The Kier molecular flexibility index (Phi) is 2.59. The Morgan fingerprint density at radius 1 is 1.57 bits per heavy atom. The van der Waals surface area contributed by atoms with E-state index in [1.165, 1.54) is 18.5 Å². The zero-order valence-corrected chi connectivity index (χ0v) is 9.08. The number of hydrogen-bond donors (Lipinski definition) is 1. The lowest BCUT2D eigenvalue weighted by atomic mass is 10.1. The Balaban J connectivity index is 1.98. The molecule has 78 valence electrons. The number of aromatic nitrogens is 2. The summed E-state index contributed by atoms with van der Waals surface area (Å²) in [6.45, 7) is 7.57. The van der Waals surface area contributed by atoms with E-state index in [0.29, 0.717) is 5.41 Å². The molecule has 2 rings (SSSR count). The van der Waals surface area contributed by atoms with Gasteiger partial charge >= 0.3 is 0 Å². The maximum atomic E-state index is 4.21. The first-order valence-electron chi connectivity index (χ1n) is 5.43. The summed E-state index contributed by atoms with van der Waals surface area (Å²) in [5.41, 5.74) is 1.86. The van der Waals surface area contributed by atoms with Gasteiger partial charge in [0.25, 0.3) is 0 Å². The van der Waals surface area contributed by atoms with Gasteiger partial charge in [0.15, 0.2) is 0 Å². The fourth-order valence-corrected chi connectivity index (χ4v) is 1.67. The van der Waals surface area contributed by atoms with Crippen molar-refractivity contribution in [3.63, 3.8) is 0 Å². The molecule has 0 bridgehead atoms. The van der Waals surface area contributed by atoms with Crippen LogP contribution < -0.4 is 5.32 Å². The van der Waals surface area contributed by atoms with Crippen LogP contribution in [0.25, 0.3) is 0 Å². The normalized spacial score (nSPS) is 18.4. The molecule has 14 heavy (non-hydrogen) atoms. The van der Waals surface area contributed by atoms with Crippen molar-refractivity contribution in [1.29, 1.82) is 0 Å². The lowest BCUT2D eigenvalue weighted by molar-refractivity contribution is 0.450. The van der Waals surface area contributed by atoms with Crippen LogP contribution in [0.3, 0.4) is 0 Å². The van der Waals surface area contributed by atoms with Crippen LogP contribution in [0.1, 0.15) is 32.4 Å². The van der Waals surface area contributed by atoms with E-state index in [4.69, 9.17) is 0 Å². The molecule has 0 saturated heterocycles. The minimum Gasteiger partial charge on any atom is -0.333 e. The summed E-state index contributed by atoms with van der Waals surface area (Å²) in [6.07, 6.45) is 6.66. The predicted molar refractivity (Wildman–Crippen MR) is 56.9 cm³/mol. The van der Waals surface area contributed by atoms with Crippen LogP contribution in [-0.4, -0.2) is 16.1 Å². The van der Waals surface area contributed by atoms with E-state index in [1.54, 1.807) is 0 Å². The van der Waals surface area contributed by atoms with Gasteiger partial charge in [0.1, 0.15) is 0 Å². The number of hydrogen-bond acceptors (Lipinski definition) is 2. The van der Waals surface area contributed by atoms with Crippen molar-refractivity contribution in [3.05, 3.63) is 18.2 Å². The topological polar surface area (TPSA) is 29.9 Å². The molecule has 0 radical (unpaired) electrons. The number of nitrogens with zero attached hydrogens (tertiary/aromatic N) is 2. The summed E-state index contributed by atoms with van der Waals surface area (Å²) in [5.74, 6) is 0. The molecule has 0 unspecified atom stereocenters. The maximum Gasteiger partial charge on any atom is 0.0948 e. The molecule has 0 aromatic carbocycles. The molecule has 1 fully saturated rings. The molecule has 1 aromatic heterocycles. The summed E-state index contributed by atoms with van der Waals surface area (Å²) in [4.78, 5) is 4.21. The van der Waals surface area contributed by atoms with Crippen LogP contribution in [0.15, 0.2) is 12.5 Å². The summed E-state index contributed by atoms with van der Waals surface area (Å²) in [7, 11) is 0. The Morgan fingerprint density at radius 3 is 3.00 bits per heavy atom. The van der Waals surface area contributed by atoms with Crippen LogP contribution in [0.4, 0.5) is 0 Å². The van der Waals surface area contributed by atoms with Gasteiger partial charge in [-0.2, -0.15) is 0 Å². The van der Waals surface area contributed by atoms with Gasteiger partial charge in [-0.05, 0) is 24.8 Å². The highest BCUT2D eigenvalue weighted by Crippen LogP contribution is 2.46. The molecule has 0 aliphatic heterocycles. The van der Waals surface area contributed by atoms with E-state index in [1.807, 2.05) is 12.5 Å². The first-order chi connectivity index (χ1) is 6.73. The minimum atomic E-state index is 0.557. The number of rotatable bonds is 5. The van der Waals surface area contributed by atoms with E-state index >= 15 is 0 Å². The van der Waals surface area contributed by atoms with E-state index in [2.05, 4.69) is 28.7 Å². The van der Waals surface area contributed by atoms with Gasteiger partial charge in [0, 0.05) is 19.3 Å². The lowest BCUT2D eigenvalue weighted by Gasteiger charge is -2.12. The molecule has 0 atom stereocenters. The molecule has 1 saturated carbocycles. The van der Waals surface area contributed by atoms with Crippen LogP contribution >= 0.6 is 0 Å². The first kappa shape index (κ1) is 9.71. The van der Waals surface area contributed by atoms with Crippen LogP contribution in [0, 0.1) is 5.41 Å². The van der Waals surface area contributed by atoms with Gasteiger partial charge in [-0.3, -0.25) is 0 Å². The predicted octanol–water partition coefficient (Wildman–Crippen LogP) is 1.79. The van der Waals surface area contributed by atoms with E-state index in [-0.39, 0.29) is 0 Å². The van der Waals surface area contributed by atoms with Crippen molar-refractivity contribution in [2.75, 3.05) is 6.54 Å². The highest BCUT2D eigenvalue weighted by atomic mass is 15.1. The van der Waals surface area contributed by atoms with Crippen LogP contribution in [-0.2, 0) is 13.1 Å². The monoisotopic (exact) mass is 193 g/mol. The Bertz CT molecular complexity index is 299. The van der Waals surface area contributed by atoms with Gasteiger partial charge in [-0.25, -0.2) is 4.98 Å². The molecule has 3 heteroatoms. The first-order valence-corrected chi connectivity index (χ1v) is 5.43. The van der Waals surface area contributed by atoms with Gasteiger partial charge in [0.2, 0.25) is 0 Å². The zero-order valence-electron chi connectivity index (χ0n) is 9.08. The average molecular weight is 193 g/mol. The number of nitrogens with one attached hydrogen (secondary N) is 1. The SMILES string of the molecule is CCNCc1cncn1CC1(C)CC1. The lowest BCUT2D eigenvalue weighted by Crippen LogP contribution is -2.17. The van der Waals surface area contributed by atoms with Crippen molar-refractivity contribution in [1.82, 2.24) is 14.9 Å². The highest BCUT2D eigenvalue weighted by Gasteiger charge is 2.37. The quantitative estimate of drug-likeness (QED) is 0.772. The maximum absolute atomic E-state index is 4.21. The third kappa shape index (κ3) is 2.15. The fraction of sp³-hybridized carbons (Fsp3) is 0.727. The number of imidazole rings is 1. The molecule has 1 heterocycles. The minimum absolute atomic E-state index is 0.557. The van der Waals surface area contributed by atoms with Crippen molar-refractivity contribution in [3.8, 4) is 0 Å². The molecule has 1 aromatic rings. The second-order valence-corrected chi connectivity index (χ2v) is 4.60. The summed E-state index contributed by atoms with van der Waals surface area (Å²) < 4.78 is 2.29. The Labute approximate surface area is 85.5 Å². The van der Waals surface area contributed by atoms with Gasteiger partial charge in [-0.1, -0.05) is 13.8 Å². The highest BCUT2D eigenvalue weighted by molar-refractivity contribution is 5.01. The smallest absolute Gasteiger partial charge is 0.0948 e. The largest absolute Gasteiger partial charge is 0.333 e. The molecule has 0 spiro atoms. The van der Waals surface area contributed by atoms with Crippen molar-refractivity contribution in [2.45, 2.75) is 39.8 Å². The van der Waals surface area contributed by atoms with Gasteiger partial charge < -0.3 is 9.88 Å². The third-order valence-corrected chi connectivity index (χ3v) is 3.01.